The van der Waals surface area contributed by atoms with Gasteiger partial charge in [-0.25, -0.2) is 4.79 Å². The molecular weight excluding hydrogens is 317 g/mol. The highest BCUT2D eigenvalue weighted by Crippen LogP contribution is 2.18. The second-order valence-electron chi connectivity index (χ2n) is 4.86. The van der Waals surface area contributed by atoms with Gasteiger partial charge in [-0.15, -0.1) is 0 Å². The standard InChI is InChI=1S/C12H18N2O2.C2HF3O2/c1-8(2)9-4-3-5-10(6-9)14-12(16)11(13)7-15;3-2(4,5)1(6)7/h3-6,8,11,15H,7,13H2,1-2H3,(H,14,16);(H,6,7). The lowest BCUT2D eigenvalue weighted by Gasteiger charge is -2.11. The summed E-state index contributed by atoms with van der Waals surface area (Å²) in [5.41, 5.74) is 7.26. The second kappa shape index (κ2) is 9.11. The number of aliphatic hydroxyl groups excluding tert-OH is 1. The summed E-state index contributed by atoms with van der Waals surface area (Å²) in [6.07, 6.45) is -5.08. The lowest BCUT2D eigenvalue weighted by atomic mass is 10.0. The highest BCUT2D eigenvalue weighted by atomic mass is 19.4. The van der Waals surface area contributed by atoms with Gasteiger partial charge in [0.25, 0.3) is 0 Å². The van der Waals surface area contributed by atoms with Crippen molar-refractivity contribution < 1.29 is 33.0 Å². The van der Waals surface area contributed by atoms with Crippen LogP contribution in [0.1, 0.15) is 25.3 Å². The summed E-state index contributed by atoms with van der Waals surface area (Å²) < 4.78 is 31.7. The third-order valence-corrected chi connectivity index (χ3v) is 2.60. The molecule has 130 valence electrons. The molecule has 0 saturated heterocycles. The summed E-state index contributed by atoms with van der Waals surface area (Å²) in [5.74, 6) is -2.72. The van der Waals surface area contributed by atoms with E-state index < -0.39 is 18.2 Å². The molecule has 0 spiro atoms. The normalized spacial score (nSPS) is 12.2. The van der Waals surface area contributed by atoms with E-state index in [0.29, 0.717) is 11.6 Å². The molecule has 1 rings (SSSR count). The van der Waals surface area contributed by atoms with Gasteiger partial charge in [0.2, 0.25) is 5.91 Å². The largest absolute Gasteiger partial charge is 0.490 e. The molecule has 0 fully saturated rings. The quantitative estimate of drug-likeness (QED) is 0.668. The molecule has 0 aliphatic carbocycles. The fourth-order valence-electron chi connectivity index (χ4n) is 1.29. The maximum atomic E-state index is 11.4. The van der Waals surface area contributed by atoms with E-state index in [-0.39, 0.29) is 12.5 Å². The van der Waals surface area contributed by atoms with E-state index in [0.717, 1.165) is 5.56 Å². The number of hydrogen-bond donors (Lipinski definition) is 4. The first-order valence-electron chi connectivity index (χ1n) is 6.56. The van der Waals surface area contributed by atoms with Gasteiger partial charge in [-0.05, 0) is 23.6 Å². The van der Waals surface area contributed by atoms with Gasteiger partial charge in [0.1, 0.15) is 6.04 Å². The fourth-order valence-corrected chi connectivity index (χ4v) is 1.29. The van der Waals surface area contributed by atoms with Crippen molar-refractivity contribution >= 4 is 17.6 Å². The minimum atomic E-state index is -5.08. The van der Waals surface area contributed by atoms with Crippen molar-refractivity contribution in [3.8, 4) is 0 Å². The number of anilines is 1. The van der Waals surface area contributed by atoms with E-state index in [1.807, 2.05) is 18.2 Å². The average molecular weight is 336 g/mol. The van der Waals surface area contributed by atoms with Crippen molar-refractivity contribution in [2.24, 2.45) is 5.73 Å². The Labute approximate surface area is 131 Å². The number of carboxylic acid groups (broad SMARTS) is 1. The zero-order valence-electron chi connectivity index (χ0n) is 12.6. The summed E-state index contributed by atoms with van der Waals surface area (Å²) in [4.78, 5) is 20.3. The lowest BCUT2D eigenvalue weighted by Crippen LogP contribution is -2.38. The van der Waals surface area contributed by atoms with Gasteiger partial charge in [0, 0.05) is 5.69 Å². The average Bonchev–Trinajstić information content (AvgIpc) is 2.46. The summed E-state index contributed by atoms with van der Waals surface area (Å²) in [5, 5.41) is 18.5. The molecule has 23 heavy (non-hydrogen) atoms. The predicted octanol–water partition coefficient (Wildman–Crippen LogP) is 1.70. The third kappa shape index (κ3) is 8.17. The number of carboxylic acids is 1. The molecule has 9 heteroatoms. The van der Waals surface area contributed by atoms with Gasteiger partial charge in [-0.3, -0.25) is 4.79 Å². The Morgan fingerprint density at radius 3 is 2.22 bits per heavy atom. The molecule has 0 aromatic heterocycles. The Kier molecular flexibility index (Phi) is 8.27. The van der Waals surface area contributed by atoms with Gasteiger partial charge >= 0.3 is 12.1 Å². The summed E-state index contributed by atoms with van der Waals surface area (Å²) >= 11 is 0. The highest BCUT2D eigenvalue weighted by Gasteiger charge is 2.38. The van der Waals surface area contributed by atoms with E-state index in [4.69, 9.17) is 20.7 Å². The Hall–Kier alpha value is -2.13. The van der Waals surface area contributed by atoms with Crippen molar-refractivity contribution in [2.75, 3.05) is 11.9 Å². The number of amides is 1. The van der Waals surface area contributed by atoms with E-state index in [2.05, 4.69) is 19.2 Å². The van der Waals surface area contributed by atoms with Crippen LogP contribution in [0.4, 0.5) is 18.9 Å². The maximum Gasteiger partial charge on any atom is 0.490 e. The number of nitrogens with two attached hydrogens (primary N) is 1. The van der Waals surface area contributed by atoms with Crippen LogP contribution in [-0.4, -0.2) is 40.9 Å². The molecule has 1 aromatic rings. The molecule has 0 aliphatic heterocycles. The monoisotopic (exact) mass is 336 g/mol. The maximum absolute atomic E-state index is 11.4. The number of carbonyl (C=O) groups is 2. The van der Waals surface area contributed by atoms with Crippen LogP contribution in [0, 0.1) is 0 Å². The zero-order valence-corrected chi connectivity index (χ0v) is 12.6. The van der Waals surface area contributed by atoms with Crippen LogP contribution in [0.25, 0.3) is 0 Å². The number of rotatable bonds is 4. The molecule has 1 unspecified atom stereocenters. The number of benzene rings is 1. The van der Waals surface area contributed by atoms with Gasteiger partial charge < -0.3 is 21.3 Å². The van der Waals surface area contributed by atoms with Crippen LogP contribution in [0.5, 0.6) is 0 Å². The summed E-state index contributed by atoms with van der Waals surface area (Å²) in [7, 11) is 0. The minimum Gasteiger partial charge on any atom is -0.475 e. The second-order valence-corrected chi connectivity index (χ2v) is 4.86. The molecule has 0 saturated carbocycles. The highest BCUT2D eigenvalue weighted by molar-refractivity contribution is 5.94. The number of aliphatic hydroxyl groups is 1. The minimum absolute atomic E-state index is 0.351. The van der Waals surface area contributed by atoms with Crippen molar-refractivity contribution in [1.29, 1.82) is 0 Å². The van der Waals surface area contributed by atoms with Crippen LogP contribution in [0.3, 0.4) is 0 Å². The molecule has 1 atom stereocenters. The number of aliphatic carboxylic acids is 1. The Morgan fingerprint density at radius 2 is 1.83 bits per heavy atom. The Morgan fingerprint density at radius 1 is 1.30 bits per heavy atom. The van der Waals surface area contributed by atoms with Crippen LogP contribution in [0.15, 0.2) is 24.3 Å². The van der Waals surface area contributed by atoms with Gasteiger partial charge in [-0.1, -0.05) is 26.0 Å². The van der Waals surface area contributed by atoms with Crippen LogP contribution in [0.2, 0.25) is 0 Å². The fraction of sp³-hybridized carbons (Fsp3) is 0.429. The van der Waals surface area contributed by atoms with Crippen LogP contribution >= 0.6 is 0 Å². The van der Waals surface area contributed by atoms with E-state index in [9.17, 15) is 18.0 Å². The number of hydrogen-bond acceptors (Lipinski definition) is 4. The van der Waals surface area contributed by atoms with E-state index in [1.165, 1.54) is 0 Å². The SMILES string of the molecule is CC(C)c1cccc(NC(=O)C(N)CO)c1.O=C(O)C(F)(F)F. The Balaban J connectivity index is 0.000000585. The van der Waals surface area contributed by atoms with Gasteiger partial charge in [0.05, 0.1) is 6.61 Å². The zero-order chi connectivity index (χ0) is 18.2. The Bertz CT molecular complexity index is 533. The summed E-state index contributed by atoms with van der Waals surface area (Å²) in [6, 6.07) is 6.73. The molecule has 0 aliphatic rings. The number of carbonyl (C=O) groups excluding carboxylic acids is 1. The molecule has 1 amide bonds. The third-order valence-electron chi connectivity index (χ3n) is 2.60. The topological polar surface area (TPSA) is 113 Å². The van der Waals surface area contributed by atoms with Crippen molar-refractivity contribution in [2.45, 2.75) is 32.0 Å². The van der Waals surface area contributed by atoms with Crippen molar-refractivity contribution in [3.63, 3.8) is 0 Å². The lowest BCUT2D eigenvalue weighted by molar-refractivity contribution is -0.192. The van der Waals surface area contributed by atoms with E-state index >= 15 is 0 Å². The molecule has 5 N–H and O–H groups in total. The first kappa shape index (κ1) is 20.9. The molecule has 0 bridgehead atoms. The van der Waals surface area contributed by atoms with Crippen LogP contribution in [-0.2, 0) is 9.59 Å². The number of nitrogens with one attached hydrogen (secondary N) is 1. The molecule has 1 aromatic carbocycles. The predicted molar refractivity (Wildman–Crippen MR) is 77.9 cm³/mol. The van der Waals surface area contributed by atoms with Crippen LogP contribution < -0.4 is 11.1 Å². The van der Waals surface area contributed by atoms with Crippen molar-refractivity contribution in [1.82, 2.24) is 0 Å². The molecule has 6 nitrogen and oxygen atoms in total. The molecule has 0 heterocycles. The smallest absolute Gasteiger partial charge is 0.475 e. The first-order valence-corrected chi connectivity index (χ1v) is 6.56. The van der Waals surface area contributed by atoms with Gasteiger partial charge in [-0.2, -0.15) is 13.2 Å². The number of alkyl halides is 3. The molecular formula is C14H19F3N2O4. The first-order chi connectivity index (χ1) is 10.5. The van der Waals surface area contributed by atoms with E-state index in [1.54, 1.807) is 6.07 Å². The molecule has 0 radical (unpaired) electrons. The summed E-state index contributed by atoms with van der Waals surface area (Å²) in [6.45, 7) is 3.82. The van der Waals surface area contributed by atoms with Gasteiger partial charge in [0.15, 0.2) is 0 Å². The number of halogens is 3. The van der Waals surface area contributed by atoms with Crippen molar-refractivity contribution in [3.05, 3.63) is 29.8 Å².